The number of hydrogen-bond donors (Lipinski definition) is 2. The summed E-state index contributed by atoms with van der Waals surface area (Å²) in [7, 11) is 0. The predicted octanol–water partition coefficient (Wildman–Crippen LogP) is 1.73. The topological polar surface area (TPSA) is 70.7 Å². The van der Waals surface area contributed by atoms with Crippen molar-refractivity contribution in [1.29, 1.82) is 0 Å². The molecule has 0 unspecified atom stereocenters. The van der Waals surface area contributed by atoms with Crippen LogP contribution in [0.5, 0.6) is 0 Å². The summed E-state index contributed by atoms with van der Waals surface area (Å²) in [5, 5.41) is 13.3. The Morgan fingerprint density at radius 3 is 2.71 bits per heavy atom. The number of benzene rings is 1. The highest BCUT2D eigenvalue weighted by Crippen LogP contribution is 2.13. The van der Waals surface area contributed by atoms with Gasteiger partial charge in [0, 0.05) is 12.1 Å². The van der Waals surface area contributed by atoms with E-state index in [1.54, 1.807) is 18.2 Å². The van der Waals surface area contributed by atoms with Gasteiger partial charge in [0.2, 0.25) is 0 Å². The lowest BCUT2D eigenvalue weighted by molar-refractivity contribution is 0.0939. The predicted molar refractivity (Wildman–Crippen MR) is 65.7 cm³/mol. The van der Waals surface area contributed by atoms with Gasteiger partial charge >= 0.3 is 0 Å². The van der Waals surface area contributed by atoms with Crippen LogP contribution in [-0.2, 0) is 0 Å². The highest BCUT2D eigenvalue weighted by Gasteiger charge is 2.13. The zero-order valence-corrected chi connectivity index (χ0v) is 10.2. The molecule has 1 heterocycles. The summed E-state index contributed by atoms with van der Waals surface area (Å²) >= 11 is 0. The van der Waals surface area contributed by atoms with Gasteiger partial charge in [-0.25, -0.2) is 0 Å². The summed E-state index contributed by atoms with van der Waals surface area (Å²) in [6.07, 6.45) is 0. The van der Waals surface area contributed by atoms with Crippen LogP contribution in [0.15, 0.2) is 18.2 Å². The molecule has 5 heteroatoms. The van der Waals surface area contributed by atoms with Crippen molar-refractivity contribution in [2.75, 3.05) is 6.54 Å². The minimum Gasteiger partial charge on any atom is -0.352 e. The summed E-state index contributed by atoms with van der Waals surface area (Å²) in [6.45, 7) is 6.87. The summed E-state index contributed by atoms with van der Waals surface area (Å²) in [5.74, 6) is -0.0789. The number of fused-ring (bicyclic) bond motifs is 1. The fourth-order valence-electron chi connectivity index (χ4n) is 1.43. The van der Waals surface area contributed by atoms with Crippen molar-refractivity contribution in [2.24, 2.45) is 5.41 Å². The minimum atomic E-state index is -0.0789. The molecule has 0 atom stereocenters. The summed E-state index contributed by atoms with van der Waals surface area (Å²) < 4.78 is 0. The quantitative estimate of drug-likeness (QED) is 0.828. The van der Waals surface area contributed by atoms with Crippen molar-refractivity contribution < 1.29 is 4.79 Å². The van der Waals surface area contributed by atoms with Crippen LogP contribution >= 0.6 is 0 Å². The minimum absolute atomic E-state index is 0.0770. The Bertz CT molecular complexity index is 539. The molecule has 5 nitrogen and oxygen atoms in total. The van der Waals surface area contributed by atoms with Crippen molar-refractivity contribution >= 4 is 16.9 Å². The van der Waals surface area contributed by atoms with Gasteiger partial charge in [-0.2, -0.15) is 15.4 Å². The number of aromatic nitrogens is 3. The fourth-order valence-corrected chi connectivity index (χ4v) is 1.43. The summed E-state index contributed by atoms with van der Waals surface area (Å²) in [5.41, 5.74) is 2.15. The Morgan fingerprint density at radius 1 is 1.29 bits per heavy atom. The van der Waals surface area contributed by atoms with Gasteiger partial charge in [0.15, 0.2) is 0 Å². The second-order valence-corrected chi connectivity index (χ2v) is 5.27. The third-order valence-electron chi connectivity index (χ3n) is 2.36. The molecule has 2 aromatic rings. The number of carbonyl (C=O) groups is 1. The van der Waals surface area contributed by atoms with E-state index >= 15 is 0 Å². The molecule has 1 amide bonds. The molecule has 0 radical (unpaired) electrons. The van der Waals surface area contributed by atoms with Gasteiger partial charge in [0.25, 0.3) is 5.91 Å². The molecule has 0 aliphatic heterocycles. The van der Waals surface area contributed by atoms with Crippen molar-refractivity contribution in [1.82, 2.24) is 20.7 Å². The lowest BCUT2D eigenvalue weighted by atomic mass is 9.97. The Kier molecular flexibility index (Phi) is 2.83. The molecule has 1 aromatic carbocycles. The Labute approximate surface area is 99.6 Å². The van der Waals surface area contributed by atoms with Crippen LogP contribution in [0.25, 0.3) is 11.0 Å². The zero-order chi connectivity index (χ0) is 12.5. The first-order chi connectivity index (χ1) is 7.96. The van der Waals surface area contributed by atoms with Gasteiger partial charge in [0.05, 0.1) is 0 Å². The largest absolute Gasteiger partial charge is 0.352 e. The maximum atomic E-state index is 11.9. The second kappa shape index (κ2) is 4.16. The van der Waals surface area contributed by atoms with Crippen LogP contribution in [0.3, 0.4) is 0 Å². The molecule has 0 aliphatic carbocycles. The van der Waals surface area contributed by atoms with Crippen LogP contribution in [0.4, 0.5) is 0 Å². The number of H-pyrrole nitrogens is 1. The zero-order valence-electron chi connectivity index (χ0n) is 10.2. The first-order valence-corrected chi connectivity index (χ1v) is 5.54. The Morgan fingerprint density at radius 2 is 2.00 bits per heavy atom. The van der Waals surface area contributed by atoms with E-state index in [-0.39, 0.29) is 11.3 Å². The lowest BCUT2D eigenvalue weighted by Crippen LogP contribution is -2.32. The van der Waals surface area contributed by atoms with E-state index in [4.69, 9.17) is 0 Å². The van der Waals surface area contributed by atoms with Gasteiger partial charge in [0.1, 0.15) is 11.0 Å². The molecule has 0 bridgehead atoms. The van der Waals surface area contributed by atoms with Crippen LogP contribution in [0, 0.1) is 5.41 Å². The number of aromatic amines is 1. The maximum Gasteiger partial charge on any atom is 0.251 e. The first-order valence-electron chi connectivity index (χ1n) is 5.54. The SMILES string of the molecule is CC(C)(C)CNC(=O)c1ccc2n[nH]nc2c1. The molecule has 2 N–H and O–H groups in total. The molecule has 0 fully saturated rings. The molecule has 17 heavy (non-hydrogen) atoms. The second-order valence-electron chi connectivity index (χ2n) is 5.27. The van der Waals surface area contributed by atoms with Crippen LogP contribution in [-0.4, -0.2) is 27.9 Å². The van der Waals surface area contributed by atoms with E-state index in [1.807, 2.05) is 0 Å². The van der Waals surface area contributed by atoms with E-state index in [1.165, 1.54) is 0 Å². The van der Waals surface area contributed by atoms with Crippen molar-refractivity contribution in [3.63, 3.8) is 0 Å². The Hall–Kier alpha value is -1.91. The number of carbonyl (C=O) groups excluding carboxylic acids is 1. The third kappa shape index (κ3) is 2.81. The lowest BCUT2D eigenvalue weighted by Gasteiger charge is -2.18. The van der Waals surface area contributed by atoms with E-state index in [2.05, 4.69) is 41.5 Å². The number of nitrogens with one attached hydrogen (secondary N) is 2. The van der Waals surface area contributed by atoms with Crippen LogP contribution in [0.1, 0.15) is 31.1 Å². The molecule has 1 aromatic heterocycles. The molecule has 2 rings (SSSR count). The normalized spacial score (nSPS) is 11.7. The van der Waals surface area contributed by atoms with Crippen molar-refractivity contribution in [3.05, 3.63) is 23.8 Å². The van der Waals surface area contributed by atoms with Crippen molar-refractivity contribution in [3.8, 4) is 0 Å². The summed E-state index contributed by atoms with van der Waals surface area (Å²) in [6, 6.07) is 5.27. The molecule has 90 valence electrons. The van der Waals surface area contributed by atoms with Gasteiger partial charge in [-0.05, 0) is 23.6 Å². The van der Waals surface area contributed by atoms with Crippen LogP contribution < -0.4 is 5.32 Å². The monoisotopic (exact) mass is 232 g/mol. The molecule has 0 aliphatic rings. The van der Waals surface area contributed by atoms with E-state index in [0.29, 0.717) is 17.6 Å². The van der Waals surface area contributed by atoms with Crippen molar-refractivity contribution in [2.45, 2.75) is 20.8 Å². The van der Waals surface area contributed by atoms with Gasteiger partial charge in [-0.15, -0.1) is 0 Å². The van der Waals surface area contributed by atoms with Gasteiger partial charge < -0.3 is 5.32 Å². The number of hydrogen-bond acceptors (Lipinski definition) is 3. The standard InChI is InChI=1S/C12H16N4O/c1-12(2,3)7-13-11(17)8-4-5-9-10(6-8)15-16-14-9/h4-6H,7H2,1-3H3,(H,13,17)(H,14,15,16). The van der Waals surface area contributed by atoms with E-state index in [0.717, 1.165) is 5.52 Å². The summed E-state index contributed by atoms with van der Waals surface area (Å²) in [4.78, 5) is 11.9. The average molecular weight is 232 g/mol. The highest BCUT2D eigenvalue weighted by atomic mass is 16.1. The number of rotatable bonds is 2. The molecule has 0 spiro atoms. The molecular formula is C12H16N4O. The molecular weight excluding hydrogens is 216 g/mol. The fraction of sp³-hybridized carbons (Fsp3) is 0.417. The Balaban J connectivity index is 2.13. The van der Waals surface area contributed by atoms with Gasteiger partial charge in [-0.3, -0.25) is 4.79 Å². The number of amides is 1. The van der Waals surface area contributed by atoms with E-state index in [9.17, 15) is 4.79 Å². The smallest absolute Gasteiger partial charge is 0.251 e. The third-order valence-corrected chi connectivity index (χ3v) is 2.36. The first kappa shape index (κ1) is 11.6. The van der Waals surface area contributed by atoms with Crippen LogP contribution in [0.2, 0.25) is 0 Å². The molecule has 0 saturated heterocycles. The maximum absolute atomic E-state index is 11.9. The number of nitrogens with zero attached hydrogens (tertiary/aromatic N) is 2. The molecule has 0 saturated carbocycles. The van der Waals surface area contributed by atoms with Gasteiger partial charge in [-0.1, -0.05) is 20.8 Å². The van der Waals surface area contributed by atoms with E-state index < -0.39 is 0 Å². The highest BCUT2D eigenvalue weighted by molar-refractivity contribution is 5.97. The average Bonchev–Trinajstić information content (AvgIpc) is 2.71.